The molecule has 6 rings (SSSR count). The molecule has 7 heteroatoms. The number of piperidine rings is 2. The Hall–Kier alpha value is -3.74. The van der Waals surface area contributed by atoms with Gasteiger partial charge in [0.15, 0.2) is 5.78 Å². The van der Waals surface area contributed by atoms with Crippen molar-refractivity contribution >= 4 is 17.8 Å². The van der Waals surface area contributed by atoms with Gasteiger partial charge in [0.25, 0.3) is 0 Å². The summed E-state index contributed by atoms with van der Waals surface area (Å²) < 4.78 is 6.01. The first-order valence-electron chi connectivity index (χ1n) is 13.2. The number of ether oxygens (including phenoxy) is 1. The van der Waals surface area contributed by atoms with Crippen molar-refractivity contribution in [2.75, 3.05) is 25.6 Å². The summed E-state index contributed by atoms with van der Waals surface area (Å²) in [7, 11) is 3.74. The monoisotopic (exact) mass is 496 g/mol. The van der Waals surface area contributed by atoms with E-state index >= 15 is 0 Å². The van der Waals surface area contributed by atoms with Gasteiger partial charge in [0.2, 0.25) is 5.95 Å². The molecule has 1 aromatic heterocycles. The largest absolute Gasteiger partial charge is 0.448 e. The standard InChI is InChI=1S/C30H32N4O3/c1-33(2)29-31-16-20(17-32-29)28(35)19-14-21-8-7-9-22(15-19)34(21)30(36)37-18-27-25-12-5-3-10-23(25)24-11-4-6-13-26(24)27/h3-6,10-13,16-17,19,21-22,27H,7-9,14-15,18H2,1-2H3. The highest BCUT2D eigenvalue weighted by molar-refractivity contribution is 5.97. The Morgan fingerprint density at radius 1 is 0.919 bits per heavy atom. The average molecular weight is 497 g/mol. The van der Waals surface area contributed by atoms with Crippen molar-refractivity contribution in [2.24, 2.45) is 5.92 Å². The molecule has 2 unspecified atom stereocenters. The lowest BCUT2D eigenvalue weighted by atomic mass is 9.76. The molecule has 2 aliphatic heterocycles. The van der Waals surface area contributed by atoms with Crippen LogP contribution >= 0.6 is 0 Å². The first-order chi connectivity index (χ1) is 18.0. The first-order valence-corrected chi connectivity index (χ1v) is 13.2. The first kappa shape index (κ1) is 23.6. The Kier molecular flexibility index (Phi) is 6.14. The molecule has 3 aliphatic rings. The zero-order valence-electron chi connectivity index (χ0n) is 21.3. The van der Waals surface area contributed by atoms with Crippen LogP contribution in [-0.2, 0) is 4.74 Å². The highest BCUT2D eigenvalue weighted by atomic mass is 16.6. The van der Waals surface area contributed by atoms with Crippen LogP contribution in [0, 0.1) is 5.92 Å². The van der Waals surface area contributed by atoms with E-state index in [0.717, 1.165) is 19.3 Å². The van der Waals surface area contributed by atoms with Crippen molar-refractivity contribution < 1.29 is 14.3 Å². The minimum Gasteiger partial charge on any atom is -0.448 e. The quantitative estimate of drug-likeness (QED) is 0.446. The Balaban J connectivity index is 1.14. The summed E-state index contributed by atoms with van der Waals surface area (Å²) in [4.78, 5) is 39.1. The molecular formula is C30H32N4O3. The third-order valence-electron chi connectivity index (χ3n) is 8.22. The molecule has 190 valence electrons. The molecule has 37 heavy (non-hydrogen) atoms. The lowest BCUT2D eigenvalue weighted by Crippen LogP contribution is -2.55. The average Bonchev–Trinajstić information content (AvgIpc) is 3.24. The number of benzene rings is 2. The van der Waals surface area contributed by atoms with Crippen LogP contribution in [0.1, 0.15) is 59.5 Å². The van der Waals surface area contributed by atoms with Crippen molar-refractivity contribution in [3.05, 3.63) is 77.6 Å². The Morgan fingerprint density at radius 3 is 2.05 bits per heavy atom. The van der Waals surface area contributed by atoms with Gasteiger partial charge in [-0.2, -0.15) is 0 Å². The number of ketones is 1. The van der Waals surface area contributed by atoms with Gasteiger partial charge >= 0.3 is 6.09 Å². The third-order valence-corrected chi connectivity index (χ3v) is 8.22. The van der Waals surface area contributed by atoms with Crippen LogP contribution in [-0.4, -0.2) is 59.5 Å². The van der Waals surface area contributed by atoms with Crippen molar-refractivity contribution in [2.45, 2.75) is 50.1 Å². The zero-order valence-corrected chi connectivity index (χ0v) is 21.3. The number of hydrogen-bond donors (Lipinski definition) is 0. The van der Waals surface area contributed by atoms with E-state index in [9.17, 15) is 9.59 Å². The number of amides is 1. The smallest absolute Gasteiger partial charge is 0.410 e. The maximum Gasteiger partial charge on any atom is 0.410 e. The molecular weight excluding hydrogens is 464 g/mol. The normalized spacial score (nSPS) is 22.2. The zero-order chi connectivity index (χ0) is 25.5. The second-order valence-corrected chi connectivity index (χ2v) is 10.6. The molecule has 0 spiro atoms. The van der Waals surface area contributed by atoms with Crippen LogP contribution in [0.5, 0.6) is 0 Å². The fourth-order valence-electron chi connectivity index (χ4n) is 6.48. The van der Waals surface area contributed by atoms with Gasteiger partial charge in [0, 0.05) is 50.4 Å². The van der Waals surface area contributed by atoms with Crippen molar-refractivity contribution in [3.63, 3.8) is 0 Å². The van der Waals surface area contributed by atoms with Crippen LogP contribution in [0.15, 0.2) is 60.9 Å². The van der Waals surface area contributed by atoms with Gasteiger partial charge < -0.3 is 14.5 Å². The van der Waals surface area contributed by atoms with E-state index < -0.39 is 0 Å². The topological polar surface area (TPSA) is 75.6 Å². The molecule has 1 aliphatic carbocycles. The maximum atomic E-state index is 13.4. The molecule has 1 amide bonds. The Bertz CT molecular complexity index is 1260. The molecule has 3 aromatic rings. The Morgan fingerprint density at radius 2 is 1.49 bits per heavy atom. The minimum atomic E-state index is -0.249. The fraction of sp³-hybridized carbons (Fsp3) is 0.400. The molecule has 0 N–H and O–H groups in total. The summed E-state index contributed by atoms with van der Waals surface area (Å²) >= 11 is 0. The van der Waals surface area contributed by atoms with E-state index in [1.165, 1.54) is 22.3 Å². The van der Waals surface area contributed by atoms with Crippen LogP contribution in [0.2, 0.25) is 0 Å². The number of aromatic nitrogens is 2. The predicted molar refractivity (Wildman–Crippen MR) is 142 cm³/mol. The van der Waals surface area contributed by atoms with Gasteiger partial charge in [-0.05, 0) is 54.4 Å². The second kappa shape index (κ2) is 9.61. The number of nitrogens with zero attached hydrogens (tertiary/aromatic N) is 4. The molecule has 0 saturated carbocycles. The van der Waals surface area contributed by atoms with Gasteiger partial charge in [-0.15, -0.1) is 0 Å². The molecule has 0 radical (unpaired) electrons. The highest BCUT2D eigenvalue weighted by Crippen LogP contribution is 2.45. The summed E-state index contributed by atoms with van der Waals surface area (Å²) in [5.41, 5.74) is 5.41. The lowest BCUT2D eigenvalue weighted by molar-refractivity contribution is 0.00649. The number of Topliss-reactive ketones (excluding diaryl/α,β-unsaturated/α-hetero) is 1. The molecule has 3 heterocycles. The van der Waals surface area contributed by atoms with E-state index in [0.29, 0.717) is 31.0 Å². The molecule has 2 bridgehead atoms. The maximum absolute atomic E-state index is 13.4. The van der Waals surface area contributed by atoms with Crippen LogP contribution in [0.25, 0.3) is 11.1 Å². The number of rotatable bonds is 5. The van der Waals surface area contributed by atoms with Crippen molar-refractivity contribution in [1.82, 2.24) is 14.9 Å². The number of anilines is 1. The van der Waals surface area contributed by atoms with Gasteiger partial charge in [-0.1, -0.05) is 48.5 Å². The minimum absolute atomic E-state index is 0.0269. The number of fused-ring (bicyclic) bond motifs is 5. The number of carbonyl (C=O) groups excluding carboxylic acids is 2. The Labute approximate surface area is 217 Å². The highest BCUT2D eigenvalue weighted by Gasteiger charge is 2.44. The van der Waals surface area contributed by atoms with Crippen LogP contribution < -0.4 is 4.90 Å². The number of carbonyl (C=O) groups is 2. The summed E-state index contributed by atoms with van der Waals surface area (Å²) in [5, 5.41) is 0. The van der Waals surface area contributed by atoms with E-state index in [1.807, 2.05) is 36.0 Å². The van der Waals surface area contributed by atoms with E-state index in [2.05, 4.69) is 46.4 Å². The summed E-state index contributed by atoms with van der Waals surface area (Å²) in [6.07, 6.45) is 7.20. The molecule has 2 fully saturated rings. The molecule has 2 saturated heterocycles. The predicted octanol–water partition coefficient (Wildman–Crippen LogP) is 5.31. The van der Waals surface area contributed by atoms with Gasteiger partial charge in [-0.3, -0.25) is 4.79 Å². The van der Waals surface area contributed by atoms with Gasteiger partial charge in [0.1, 0.15) is 6.61 Å². The molecule has 7 nitrogen and oxygen atoms in total. The second-order valence-electron chi connectivity index (χ2n) is 10.6. The van der Waals surface area contributed by atoms with Gasteiger partial charge in [0.05, 0.1) is 5.56 Å². The summed E-state index contributed by atoms with van der Waals surface area (Å²) in [6.45, 7) is 0.320. The van der Waals surface area contributed by atoms with Crippen molar-refractivity contribution in [3.8, 4) is 11.1 Å². The molecule has 2 atom stereocenters. The lowest BCUT2D eigenvalue weighted by Gasteiger charge is -2.47. The van der Waals surface area contributed by atoms with Crippen LogP contribution in [0.3, 0.4) is 0 Å². The molecule has 2 aromatic carbocycles. The van der Waals surface area contributed by atoms with Crippen molar-refractivity contribution in [1.29, 1.82) is 0 Å². The summed E-state index contributed by atoms with van der Waals surface area (Å²) in [6, 6.07) is 16.8. The van der Waals surface area contributed by atoms with Gasteiger partial charge in [-0.25, -0.2) is 14.8 Å². The van der Waals surface area contributed by atoms with E-state index in [1.54, 1.807) is 12.4 Å². The SMILES string of the molecule is CN(C)c1ncc(C(=O)C2CC3CCCC(C2)N3C(=O)OCC2c3ccccc3-c3ccccc32)cn1. The van der Waals surface area contributed by atoms with E-state index in [4.69, 9.17) is 4.74 Å². The van der Waals surface area contributed by atoms with Crippen LogP contribution in [0.4, 0.5) is 10.7 Å². The van der Waals surface area contributed by atoms with E-state index in [-0.39, 0.29) is 35.8 Å². The number of hydrogen-bond acceptors (Lipinski definition) is 6. The summed E-state index contributed by atoms with van der Waals surface area (Å²) in [5.74, 6) is 0.579. The fourth-order valence-corrected chi connectivity index (χ4v) is 6.48. The third kappa shape index (κ3) is 4.26.